The zero-order chi connectivity index (χ0) is 6.15. The number of carbonyl (C=O) groups excluding carboxylic acids is 1. The highest BCUT2D eigenvalue weighted by Crippen LogP contribution is 2.00. The molecule has 3 nitrogen and oxygen atoms in total. The fourth-order valence-corrected chi connectivity index (χ4v) is 0.626. The molecule has 0 saturated carbocycles. The van der Waals surface area contributed by atoms with Gasteiger partial charge in [-0.3, -0.25) is 4.79 Å². The lowest BCUT2D eigenvalue weighted by atomic mass is 10.2. The first-order valence-electron chi connectivity index (χ1n) is 2.45. The van der Waals surface area contributed by atoms with Crippen molar-refractivity contribution < 1.29 is 4.79 Å². The summed E-state index contributed by atoms with van der Waals surface area (Å²) in [6, 6.07) is -0.752. The van der Waals surface area contributed by atoms with Crippen molar-refractivity contribution in [2.45, 2.75) is 12.1 Å². The van der Waals surface area contributed by atoms with Crippen molar-refractivity contribution in [3.8, 4) is 0 Å². The van der Waals surface area contributed by atoms with Crippen LogP contribution in [-0.4, -0.2) is 17.9 Å². The first kappa shape index (κ1) is 5.47. The van der Waals surface area contributed by atoms with Crippen LogP contribution in [0.5, 0.6) is 0 Å². The number of carbonyl (C=O) groups is 1. The molecule has 0 amide bonds. The molecule has 2 atom stereocenters. The molecule has 0 aromatic rings. The molecule has 0 fully saturated rings. The van der Waals surface area contributed by atoms with E-state index in [1.807, 2.05) is 0 Å². The van der Waals surface area contributed by atoms with Gasteiger partial charge in [-0.2, -0.15) is 0 Å². The molecule has 0 aromatic heterocycles. The van der Waals surface area contributed by atoms with Crippen LogP contribution in [0.2, 0.25) is 0 Å². The summed E-state index contributed by atoms with van der Waals surface area (Å²) >= 11 is 0. The lowest BCUT2D eigenvalue weighted by molar-refractivity contribution is -0.115. The van der Waals surface area contributed by atoms with E-state index in [-0.39, 0.29) is 11.8 Å². The van der Waals surface area contributed by atoms with Crippen LogP contribution in [0, 0.1) is 0 Å². The molecule has 0 aromatic carbocycles. The van der Waals surface area contributed by atoms with Crippen LogP contribution in [0.15, 0.2) is 12.2 Å². The summed E-state index contributed by atoms with van der Waals surface area (Å²) in [6.07, 6.45) is 3.04. The van der Waals surface area contributed by atoms with Crippen molar-refractivity contribution in [1.82, 2.24) is 0 Å². The SMILES string of the molecule is N[C@@H]1C=CC(=O)[C@H]1N. The Kier molecular flexibility index (Phi) is 1.15. The van der Waals surface area contributed by atoms with E-state index < -0.39 is 6.04 Å². The molecular formula is C5H8N2O. The smallest absolute Gasteiger partial charge is 0.173 e. The predicted octanol–water partition coefficient (Wildman–Crippen LogP) is -1.22. The van der Waals surface area contributed by atoms with Gasteiger partial charge in [0.25, 0.3) is 0 Å². The maximum atomic E-state index is 10.5. The Morgan fingerprint density at radius 3 is 2.25 bits per heavy atom. The van der Waals surface area contributed by atoms with E-state index in [1.54, 1.807) is 6.08 Å². The minimum absolute atomic E-state index is 0.0718. The van der Waals surface area contributed by atoms with Crippen LogP contribution in [0.3, 0.4) is 0 Å². The quantitative estimate of drug-likeness (QED) is 0.412. The van der Waals surface area contributed by atoms with E-state index in [1.165, 1.54) is 6.08 Å². The molecule has 0 spiro atoms. The van der Waals surface area contributed by atoms with Crippen LogP contribution < -0.4 is 11.5 Å². The second kappa shape index (κ2) is 1.69. The molecule has 0 unspecified atom stereocenters. The van der Waals surface area contributed by atoms with E-state index >= 15 is 0 Å². The van der Waals surface area contributed by atoms with Gasteiger partial charge >= 0.3 is 0 Å². The van der Waals surface area contributed by atoms with Gasteiger partial charge < -0.3 is 11.5 Å². The maximum Gasteiger partial charge on any atom is 0.173 e. The topological polar surface area (TPSA) is 69.1 Å². The van der Waals surface area contributed by atoms with Gasteiger partial charge in [0.15, 0.2) is 5.78 Å². The third-order valence-electron chi connectivity index (χ3n) is 1.23. The van der Waals surface area contributed by atoms with Crippen molar-refractivity contribution >= 4 is 5.78 Å². The highest BCUT2D eigenvalue weighted by Gasteiger charge is 2.21. The van der Waals surface area contributed by atoms with Crippen LogP contribution in [0.4, 0.5) is 0 Å². The molecule has 1 aliphatic rings. The summed E-state index contributed by atoms with van der Waals surface area (Å²) in [5, 5.41) is 0. The highest BCUT2D eigenvalue weighted by molar-refractivity contribution is 5.97. The third kappa shape index (κ3) is 0.657. The van der Waals surface area contributed by atoms with Crippen molar-refractivity contribution in [3.63, 3.8) is 0 Å². The largest absolute Gasteiger partial charge is 0.323 e. The lowest BCUT2D eigenvalue weighted by Crippen LogP contribution is -2.41. The standard InChI is InChI=1S/C5H8N2O/c6-3-1-2-4(8)5(3)7/h1-3,5H,6-7H2/t3-,5+/m1/s1. The molecule has 1 aliphatic carbocycles. The Hall–Kier alpha value is -0.670. The minimum Gasteiger partial charge on any atom is -0.323 e. The van der Waals surface area contributed by atoms with E-state index in [0.717, 1.165) is 0 Å². The van der Waals surface area contributed by atoms with Crippen LogP contribution >= 0.6 is 0 Å². The fourth-order valence-electron chi connectivity index (χ4n) is 0.626. The molecule has 0 heterocycles. The van der Waals surface area contributed by atoms with Gasteiger partial charge in [0, 0.05) is 6.04 Å². The fraction of sp³-hybridized carbons (Fsp3) is 0.400. The molecule has 0 bridgehead atoms. The van der Waals surface area contributed by atoms with Crippen molar-refractivity contribution in [2.75, 3.05) is 0 Å². The maximum absolute atomic E-state index is 10.5. The molecule has 0 saturated heterocycles. The first-order valence-corrected chi connectivity index (χ1v) is 2.45. The van der Waals surface area contributed by atoms with Crippen LogP contribution in [0.25, 0.3) is 0 Å². The average Bonchev–Trinajstić information content (AvgIpc) is 1.98. The zero-order valence-electron chi connectivity index (χ0n) is 4.37. The lowest BCUT2D eigenvalue weighted by Gasteiger charge is -2.04. The normalized spacial score (nSPS) is 36.5. The predicted molar refractivity (Wildman–Crippen MR) is 30.1 cm³/mol. The number of hydrogen-bond donors (Lipinski definition) is 2. The summed E-state index contributed by atoms with van der Waals surface area (Å²) in [6.45, 7) is 0. The summed E-state index contributed by atoms with van der Waals surface area (Å²) in [5.41, 5.74) is 10.6. The summed E-state index contributed by atoms with van der Waals surface area (Å²) in [7, 11) is 0. The molecule has 4 N–H and O–H groups in total. The number of hydrogen-bond acceptors (Lipinski definition) is 3. The summed E-state index contributed by atoms with van der Waals surface area (Å²) in [4.78, 5) is 10.5. The van der Waals surface area contributed by atoms with Gasteiger partial charge in [-0.05, 0) is 6.08 Å². The Morgan fingerprint density at radius 1 is 1.50 bits per heavy atom. The summed E-state index contributed by atoms with van der Waals surface area (Å²) in [5.74, 6) is -0.0718. The number of rotatable bonds is 0. The Morgan fingerprint density at radius 2 is 2.12 bits per heavy atom. The molecule has 1 rings (SSSR count). The minimum atomic E-state index is -0.491. The Balaban J connectivity index is 2.69. The summed E-state index contributed by atoms with van der Waals surface area (Å²) < 4.78 is 0. The molecule has 3 heteroatoms. The van der Waals surface area contributed by atoms with Gasteiger partial charge in [0.05, 0.1) is 6.04 Å². The second-order valence-corrected chi connectivity index (χ2v) is 1.86. The second-order valence-electron chi connectivity index (χ2n) is 1.86. The number of nitrogens with two attached hydrogens (primary N) is 2. The van der Waals surface area contributed by atoms with Gasteiger partial charge in [0.1, 0.15) is 0 Å². The zero-order valence-corrected chi connectivity index (χ0v) is 4.37. The first-order chi connectivity index (χ1) is 3.72. The van der Waals surface area contributed by atoms with Crippen LogP contribution in [-0.2, 0) is 4.79 Å². The van der Waals surface area contributed by atoms with E-state index in [4.69, 9.17) is 11.5 Å². The molecular weight excluding hydrogens is 104 g/mol. The Labute approximate surface area is 47.3 Å². The molecule has 0 aliphatic heterocycles. The van der Waals surface area contributed by atoms with E-state index in [2.05, 4.69) is 0 Å². The highest BCUT2D eigenvalue weighted by atomic mass is 16.1. The Bertz CT molecular complexity index is 141. The van der Waals surface area contributed by atoms with E-state index in [0.29, 0.717) is 0 Å². The molecule has 0 radical (unpaired) electrons. The molecule has 8 heavy (non-hydrogen) atoms. The average molecular weight is 112 g/mol. The van der Waals surface area contributed by atoms with Crippen molar-refractivity contribution in [2.24, 2.45) is 11.5 Å². The van der Waals surface area contributed by atoms with Gasteiger partial charge in [-0.1, -0.05) is 6.08 Å². The molecule has 44 valence electrons. The third-order valence-corrected chi connectivity index (χ3v) is 1.23. The van der Waals surface area contributed by atoms with Gasteiger partial charge in [0.2, 0.25) is 0 Å². The monoisotopic (exact) mass is 112 g/mol. The van der Waals surface area contributed by atoms with Crippen molar-refractivity contribution in [3.05, 3.63) is 12.2 Å². The van der Waals surface area contributed by atoms with Crippen molar-refractivity contribution in [1.29, 1.82) is 0 Å². The van der Waals surface area contributed by atoms with E-state index in [9.17, 15) is 4.79 Å². The number of ketones is 1. The van der Waals surface area contributed by atoms with Gasteiger partial charge in [-0.25, -0.2) is 0 Å². The van der Waals surface area contributed by atoms with Gasteiger partial charge in [-0.15, -0.1) is 0 Å². The van der Waals surface area contributed by atoms with Crippen LogP contribution in [0.1, 0.15) is 0 Å².